The molecule has 0 spiro atoms. The third-order valence-electron chi connectivity index (χ3n) is 4.07. The number of aromatic nitrogens is 1. The number of fused-ring (bicyclic) bond motifs is 1. The first-order valence-corrected chi connectivity index (χ1v) is 7.64. The fourth-order valence-electron chi connectivity index (χ4n) is 2.94. The number of H-pyrrole nitrogens is 1. The van der Waals surface area contributed by atoms with Gasteiger partial charge in [-0.25, -0.2) is 0 Å². The number of carbonyl (C=O) groups is 1. The van der Waals surface area contributed by atoms with Crippen molar-refractivity contribution in [1.82, 2.24) is 4.98 Å². The topological polar surface area (TPSA) is 79.1 Å². The molecule has 1 aromatic carbocycles. The van der Waals surface area contributed by atoms with Crippen LogP contribution in [0.3, 0.4) is 0 Å². The zero-order chi connectivity index (χ0) is 15.3. The molecule has 1 aromatic heterocycles. The number of hydrogen-bond acceptors (Lipinski definition) is 2. The maximum absolute atomic E-state index is 11.2. The van der Waals surface area contributed by atoms with E-state index in [0.717, 1.165) is 42.1 Å². The fourth-order valence-corrected chi connectivity index (χ4v) is 2.94. The van der Waals surface area contributed by atoms with Gasteiger partial charge in [-0.3, -0.25) is 4.79 Å². The second kappa shape index (κ2) is 9.81. The van der Waals surface area contributed by atoms with Crippen molar-refractivity contribution in [1.29, 1.82) is 0 Å². The summed E-state index contributed by atoms with van der Waals surface area (Å²) in [6.45, 7) is 2.16. The molecule has 1 heterocycles. The van der Waals surface area contributed by atoms with Crippen molar-refractivity contribution in [3.05, 3.63) is 36.0 Å². The van der Waals surface area contributed by atoms with Crippen LogP contribution in [0.2, 0.25) is 0 Å². The Balaban J connectivity index is 0.00000242. The lowest BCUT2D eigenvalue weighted by molar-refractivity contribution is -0.138. The van der Waals surface area contributed by atoms with Crippen LogP contribution in [0.25, 0.3) is 10.9 Å². The first kappa shape index (κ1) is 21.8. The van der Waals surface area contributed by atoms with Crippen LogP contribution in [-0.2, 0) is 10.3 Å². The lowest BCUT2D eigenvalue weighted by atomic mass is 9.82. The molecule has 0 saturated heterocycles. The molecule has 0 radical (unpaired) electrons. The highest BCUT2D eigenvalue weighted by Crippen LogP contribution is 2.33. The van der Waals surface area contributed by atoms with Gasteiger partial charge in [0.15, 0.2) is 0 Å². The molecule has 0 aliphatic carbocycles. The largest absolute Gasteiger partial charge is 0.481 e. The summed E-state index contributed by atoms with van der Waals surface area (Å²) < 4.78 is 0. The van der Waals surface area contributed by atoms with E-state index in [9.17, 15) is 9.90 Å². The molecule has 0 bridgehead atoms. The minimum absolute atomic E-state index is 0. The second-order valence-corrected chi connectivity index (χ2v) is 5.79. The van der Waals surface area contributed by atoms with Crippen LogP contribution < -0.4 is 5.73 Å². The van der Waals surface area contributed by atoms with E-state index in [0.29, 0.717) is 6.42 Å². The predicted octanol–water partition coefficient (Wildman–Crippen LogP) is 4.61. The number of carboxylic acid groups (broad SMARTS) is 1. The Kier molecular flexibility index (Phi) is 9.28. The van der Waals surface area contributed by atoms with Crippen LogP contribution in [0.1, 0.15) is 51.0 Å². The Hall–Kier alpha value is -1.23. The number of halogens is 2. The van der Waals surface area contributed by atoms with Crippen LogP contribution in [-0.4, -0.2) is 16.1 Å². The van der Waals surface area contributed by atoms with Crippen molar-refractivity contribution in [3.63, 3.8) is 0 Å². The van der Waals surface area contributed by atoms with Crippen molar-refractivity contribution in [3.8, 4) is 0 Å². The van der Waals surface area contributed by atoms with Crippen molar-refractivity contribution in [2.24, 2.45) is 5.73 Å². The normalized spacial score (nSPS) is 13.0. The highest BCUT2D eigenvalue weighted by Gasteiger charge is 2.32. The van der Waals surface area contributed by atoms with E-state index in [4.69, 9.17) is 5.73 Å². The number of rotatable bonds is 8. The van der Waals surface area contributed by atoms with Gasteiger partial charge in [0.1, 0.15) is 0 Å². The Morgan fingerprint density at radius 2 is 1.91 bits per heavy atom. The average molecular weight is 361 g/mol. The number of nitrogens with two attached hydrogens (primary N) is 1. The summed E-state index contributed by atoms with van der Waals surface area (Å²) in [5.41, 5.74) is 7.62. The molecule has 4 N–H and O–H groups in total. The maximum atomic E-state index is 11.2. The third-order valence-corrected chi connectivity index (χ3v) is 4.07. The second-order valence-electron chi connectivity index (χ2n) is 5.79. The summed E-state index contributed by atoms with van der Waals surface area (Å²) in [4.78, 5) is 14.4. The van der Waals surface area contributed by atoms with Crippen LogP contribution in [0.15, 0.2) is 30.5 Å². The van der Waals surface area contributed by atoms with Crippen LogP contribution in [0, 0.1) is 0 Å². The zero-order valence-electron chi connectivity index (χ0n) is 13.4. The Bertz CT molecular complexity index is 615. The van der Waals surface area contributed by atoms with E-state index in [2.05, 4.69) is 11.9 Å². The van der Waals surface area contributed by atoms with Gasteiger partial charge in [0.05, 0.1) is 12.0 Å². The number of nitrogens with one attached hydrogen (secondary N) is 1. The SMILES string of the molecule is CCCCCCC(N)(CC(=O)O)c1c[nH]c2ccccc12.Cl.Cl. The minimum Gasteiger partial charge on any atom is -0.481 e. The summed E-state index contributed by atoms with van der Waals surface area (Å²) in [5.74, 6) is -0.849. The molecule has 4 nitrogen and oxygen atoms in total. The number of para-hydroxylation sites is 1. The van der Waals surface area contributed by atoms with E-state index in [-0.39, 0.29) is 31.2 Å². The first-order valence-electron chi connectivity index (χ1n) is 7.64. The smallest absolute Gasteiger partial charge is 0.305 e. The highest BCUT2D eigenvalue weighted by molar-refractivity contribution is 5.86. The monoisotopic (exact) mass is 360 g/mol. The van der Waals surface area contributed by atoms with E-state index in [1.54, 1.807) is 0 Å². The number of aromatic amines is 1. The summed E-state index contributed by atoms with van der Waals surface area (Å²) in [6, 6.07) is 7.89. The number of hydrogen-bond donors (Lipinski definition) is 3. The summed E-state index contributed by atoms with van der Waals surface area (Å²) in [5, 5.41) is 10.3. The molecule has 23 heavy (non-hydrogen) atoms. The Morgan fingerprint density at radius 3 is 2.57 bits per heavy atom. The molecule has 1 atom stereocenters. The molecule has 0 amide bonds. The first-order chi connectivity index (χ1) is 10.1. The number of benzene rings is 1. The number of unbranched alkanes of at least 4 members (excludes halogenated alkanes) is 3. The van der Waals surface area contributed by atoms with E-state index >= 15 is 0 Å². The summed E-state index contributed by atoms with van der Waals surface area (Å²) >= 11 is 0. The van der Waals surface area contributed by atoms with Crippen LogP contribution >= 0.6 is 24.8 Å². The molecule has 1 unspecified atom stereocenters. The van der Waals surface area contributed by atoms with Gasteiger partial charge >= 0.3 is 5.97 Å². The van der Waals surface area contributed by atoms with Gasteiger partial charge < -0.3 is 15.8 Å². The highest BCUT2D eigenvalue weighted by atomic mass is 35.5. The van der Waals surface area contributed by atoms with Gasteiger partial charge in [0.2, 0.25) is 0 Å². The van der Waals surface area contributed by atoms with Crippen molar-refractivity contribution >= 4 is 41.7 Å². The van der Waals surface area contributed by atoms with Gasteiger partial charge in [0.25, 0.3) is 0 Å². The average Bonchev–Trinajstić information content (AvgIpc) is 2.87. The predicted molar refractivity (Wildman–Crippen MR) is 99.7 cm³/mol. The molecule has 6 heteroatoms. The Morgan fingerprint density at radius 1 is 1.22 bits per heavy atom. The van der Waals surface area contributed by atoms with E-state index in [1.807, 2.05) is 30.5 Å². The molecule has 2 rings (SSSR count). The van der Waals surface area contributed by atoms with Crippen molar-refractivity contribution < 1.29 is 9.90 Å². The maximum Gasteiger partial charge on any atom is 0.305 e. The van der Waals surface area contributed by atoms with E-state index in [1.165, 1.54) is 0 Å². The summed E-state index contributed by atoms with van der Waals surface area (Å²) in [6.07, 6.45) is 6.89. The lowest BCUT2D eigenvalue weighted by Crippen LogP contribution is -2.38. The van der Waals surface area contributed by atoms with Gasteiger partial charge in [-0.1, -0.05) is 50.8 Å². The van der Waals surface area contributed by atoms with Gasteiger partial charge in [-0.2, -0.15) is 0 Å². The van der Waals surface area contributed by atoms with Gasteiger partial charge in [-0.05, 0) is 18.1 Å². The molecule has 2 aromatic rings. The van der Waals surface area contributed by atoms with Gasteiger partial charge in [0, 0.05) is 17.1 Å². The Labute approximate surface area is 149 Å². The molecule has 0 aliphatic rings. The molecular weight excluding hydrogens is 335 g/mol. The molecule has 0 saturated carbocycles. The third kappa shape index (κ3) is 5.41. The molecular formula is C17H26Cl2N2O2. The molecule has 130 valence electrons. The van der Waals surface area contributed by atoms with Crippen LogP contribution in [0.5, 0.6) is 0 Å². The molecule has 0 aliphatic heterocycles. The van der Waals surface area contributed by atoms with Crippen molar-refractivity contribution in [2.75, 3.05) is 0 Å². The number of carboxylic acids is 1. The standard InChI is InChI=1S/C17H24N2O2.2ClH/c1-2-3-4-7-10-17(18,11-16(20)21)14-12-19-15-9-6-5-8-13(14)15;;/h5-6,8-9,12,19H,2-4,7,10-11,18H2,1H3,(H,20,21);2*1H. The molecule has 0 fully saturated rings. The quantitative estimate of drug-likeness (QED) is 0.601. The lowest BCUT2D eigenvalue weighted by Gasteiger charge is -2.28. The fraction of sp³-hybridized carbons (Fsp3) is 0.471. The van der Waals surface area contributed by atoms with Gasteiger partial charge in [-0.15, -0.1) is 24.8 Å². The van der Waals surface area contributed by atoms with Crippen LogP contribution in [0.4, 0.5) is 0 Å². The zero-order valence-corrected chi connectivity index (χ0v) is 15.0. The van der Waals surface area contributed by atoms with Crippen molar-refractivity contribution in [2.45, 2.75) is 51.0 Å². The number of aliphatic carboxylic acids is 1. The van der Waals surface area contributed by atoms with E-state index < -0.39 is 11.5 Å². The minimum atomic E-state index is -0.849. The summed E-state index contributed by atoms with van der Waals surface area (Å²) in [7, 11) is 0.